The molecule has 104 valence electrons. The lowest BCUT2D eigenvalue weighted by Crippen LogP contribution is -2.04. The van der Waals surface area contributed by atoms with Gasteiger partial charge >= 0.3 is 0 Å². The zero-order valence-corrected chi connectivity index (χ0v) is 12.2. The fourth-order valence-corrected chi connectivity index (χ4v) is 2.20. The highest BCUT2D eigenvalue weighted by atomic mass is 35.5. The van der Waals surface area contributed by atoms with Gasteiger partial charge < -0.3 is 4.74 Å². The lowest BCUT2D eigenvalue weighted by atomic mass is 10.1. The molecule has 0 unspecified atom stereocenters. The normalized spacial score (nSPS) is 10.3. The number of hydrogen-bond donors (Lipinski definition) is 0. The van der Waals surface area contributed by atoms with Crippen LogP contribution in [0, 0.1) is 6.92 Å². The molecule has 0 atom stereocenters. The second-order valence-electron chi connectivity index (χ2n) is 4.68. The molecule has 0 saturated carbocycles. The first-order valence-electron chi connectivity index (χ1n) is 6.64. The van der Waals surface area contributed by atoms with Gasteiger partial charge in [-0.05, 0) is 31.0 Å². The fourth-order valence-electron chi connectivity index (χ4n) is 1.91. The molecule has 0 spiro atoms. The third-order valence-corrected chi connectivity index (χ3v) is 3.28. The number of benzene rings is 2. The summed E-state index contributed by atoms with van der Waals surface area (Å²) in [5.74, 6) is 0.814. The van der Waals surface area contributed by atoms with Crippen LogP contribution < -0.4 is 4.74 Å². The van der Waals surface area contributed by atoms with E-state index in [0.29, 0.717) is 30.2 Å². The van der Waals surface area contributed by atoms with Gasteiger partial charge in [-0.25, -0.2) is 0 Å². The van der Waals surface area contributed by atoms with Crippen LogP contribution in [-0.2, 0) is 0 Å². The molecule has 2 aromatic rings. The van der Waals surface area contributed by atoms with E-state index < -0.39 is 0 Å². The van der Waals surface area contributed by atoms with Crippen molar-refractivity contribution < 1.29 is 9.53 Å². The van der Waals surface area contributed by atoms with Crippen molar-refractivity contribution in [1.29, 1.82) is 0 Å². The van der Waals surface area contributed by atoms with Crippen LogP contribution in [0.3, 0.4) is 0 Å². The Morgan fingerprint density at radius 3 is 2.60 bits per heavy atom. The van der Waals surface area contributed by atoms with Gasteiger partial charge in [-0.1, -0.05) is 48.0 Å². The van der Waals surface area contributed by atoms with Crippen LogP contribution in [0.1, 0.15) is 28.8 Å². The van der Waals surface area contributed by atoms with Crippen LogP contribution in [-0.4, -0.2) is 12.4 Å². The number of rotatable bonds is 6. The fraction of sp³-hybridized carbons (Fsp3) is 0.235. The average molecular weight is 289 g/mol. The molecule has 0 radical (unpaired) electrons. The van der Waals surface area contributed by atoms with E-state index in [0.717, 1.165) is 11.1 Å². The average Bonchev–Trinajstić information content (AvgIpc) is 2.46. The largest absolute Gasteiger partial charge is 0.492 e. The van der Waals surface area contributed by atoms with E-state index in [4.69, 9.17) is 16.3 Å². The Balaban J connectivity index is 1.78. The molecule has 0 N–H and O–H groups in total. The molecule has 0 aliphatic rings. The van der Waals surface area contributed by atoms with E-state index in [1.807, 2.05) is 55.5 Å². The van der Waals surface area contributed by atoms with Crippen LogP contribution in [0.5, 0.6) is 5.75 Å². The second-order valence-corrected chi connectivity index (χ2v) is 5.08. The molecule has 20 heavy (non-hydrogen) atoms. The molecular formula is C17H17ClO2. The highest BCUT2D eigenvalue weighted by Crippen LogP contribution is 2.25. The molecule has 3 heteroatoms. The van der Waals surface area contributed by atoms with Crippen molar-refractivity contribution in [2.24, 2.45) is 0 Å². The maximum Gasteiger partial charge on any atom is 0.163 e. The molecule has 0 aromatic heterocycles. The van der Waals surface area contributed by atoms with Crippen molar-refractivity contribution in [2.75, 3.05) is 6.61 Å². The number of carbonyl (C=O) groups excluding carboxylic acids is 1. The summed E-state index contributed by atoms with van der Waals surface area (Å²) < 4.78 is 5.59. The third kappa shape index (κ3) is 4.10. The highest BCUT2D eigenvalue weighted by molar-refractivity contribution is 6.32. The van der Waals surface area contributed by atoms with Gasteiger partial charge in [-0.3, -0.25) is 4.79 Å². The Hall–Kier alpha value is -1.80. The second kappa shape index (κ2) is 7.11. The zero-order chi connectivity index (χ0) is 14.4. The molecule has 2 rings (SSSR count). The summed E-state index contributed by atoms with van der Waals surface area (Å²) in [6.07, 6.45) is 1.16. The molecule has 0 saturated heterocycles. The van der Waals surface area contributed by atoms with Crippen molar-refractivity contribution in [3.63, 3.8) is 0 Å². The molecule has 0 fully saturated rings. The summed E-state index contributed by atoms with van der Waals surface area (Å²) >= 11 is 6.07. The van der Waals surface area contributed by atoms with Crippen LogP contribution >= 0.6 is 11.6 Å². The lowest BCUT2D eigenvalue weighted by Gasteiger charge is -2.08. The maximum atomic E-state index is 11.9. The number of Topliss-reactive ketones (excluding diaryl/α,β-unsaturated/α-hetero) is 1. The van der Waals surface area contributed by atoms with Crippen LogP contribution in [0.25, 0.3) is 0 Å². The van der Waals surface area contributed by atoms with Gasteiger partial charge in [0, 0.05) is 12.0 Å². The molecule has 0 bridgehead atoms. The summed E-state index contributed by atoms with van der Waals surface area (Å²) in [7, 11) is 0. The SMILES string of the molecule is Cc1ccc(OCCCC(=O)c2ccccc2)c(Cl)c1. The topological polar surface area (TPSA) is 26.3 Å². The van der Waals surface area contributed by atoms with E-state index in [1.165, 1.54) is 0 Å². The standard InChI is InChI=1S/C17H17ClO2/c1-13-9-10-17(15(18)12-13)20-11-5-8-16(19)14-6-3-2-4-7-14/h2-4,6-7,9-10,12H,5,8,11H2,1H3. The predicted octanol–water partition coefficient (Wildman–Crippen LogP) is 4.69. The van der Waals surface area contributed by atoms with Crippen molar-refractivity contribution in [3.05, 3.63) is 64.7 Å². The molecular weight excluding hydrogens is 272 g/mol. The highest BCUT2D eigenvalue weighted by Gasteiger charge is 2.05. The number of hydrogen-bond acceptors (Lipinski definition) is 2. The van der Waals surface area contributed by atoms with E-state index >= 15 is 0 Å². The Labute approximate surface area is 124 Å². The van der Waals surface area contributed by atoms with E-state index in [9.17, 15) is 4.79 Å². The van der Waals surface area contributed by atoms with Gasteiger partial charge in [0.25, 0.3) is 0 Å². The number of ketones is 1. The molecule has 0 amide bonds. The van der Waals surface area contributed by atoms with Gasteiger partial charge in [0.2, 0.25) is 0 Å². The van der Waals surface area contributed by atoms with Crippen LogP contribution in [0.2, 0.25) is 5.02 Å². The summed E-state index contributed by atoms with van der Waals surface area (Å²) in [4.78, 5) is 11.9. The first-order chi connectivity index (χ1) is 9.66. The summed E-state index contributed by atoms with van der Waals surface area (Å²) in [5.41, 5.74) is 1.85. The number of ether oxygens (including phenoxy) is 1. The minimum Gasteiger partial charge on any atom is -0.492 e. The van der Waals surface area contributed by atoms with E-state index in [-0.39, 0.29) is 5.78 Å². The quantitative estimate of drug-likeness (QED) is 0.569. The minimum absolute atomic E-state index is 0.143. The Morgan fingerprint density at radius 2 is 1.90 bits per heavy atom. The summed E-state index contributed by atoms with van der Waals surface area (Å²) in [6.45, 7) is 2.47. The van der Waals surface area contributed by atoms with Gasteiger partial charge in [0.05, 0.1) is 11.6 Å². The molecule has 0 aliphatic carbocycles. The van der Waals surface area contributed by atoms with E-state index in [1.54, 1.807) is 0 Å². The van der Waals surface area contributed by atoms with Crippen LogP contribution in [0.15, 0.2) is 48.5 Å². The first kappa shape index (κ1) is 14.6. The molecule has 0 aliphatic heterocycles. The number of carbonyl (C=O) groups is 1. The molecule has 2 nitrogen and oxygen atoms in total. The summed E-state index contributed by atoms with van der Waals surface area (Å²) in [5, 5.41) is 0.611. The van der Waals surface area contributed by atoms with Gasteiger partial charge in [0.1, 0.15) is 5.75 Å². The van der Waals surface area contributed by atoms with Crippen molar-refractivity contribution in [3.8, 4) is 5.75 Å². The zero-order valence-electron chi connectivity index (χ0n) is 11.4. The van der Waals surface area contributed by atoms with Crippen molar-refractivity contribution in [1.82, 2.24) is 0 Å². The lowest BCUT2D eigenvalue weighted by molar-refractivity contribution is 0.0973. The van der Waals surface area contributed by atoms with Crippen LogP contribution in [0.4, 0.5) is 0 Å². The van der Waals surface area contributed by atoms with Crippen molar-refractivity contribution >= 4 is 17.4 Å². The van der Waals surface area contributed by atoms with Gasteiger partial charge in [-0.2, -0.15) is 0 Å². The Kier molecular flexibility index (Phi) is 5.19. The maximum absolute atomic E-state index is 11.9. The number of aryl methyl sites for hydroxylation is 1. The third-order valence-electron chi connectivity index (χ3n) is 2.99. The Morgan fingerprint density at radius 1 is 1.15 bits per heavy atom. The number of halogens is 1. The smallest absolute Gasteiger partial charge is 0.163 e. The van der Waals surface area contributed by atoms with E-state index in [2.05, 4.69) is 0 Å². The minimum atomic E-state index is 0.143. The predicted molar refractivity (Wildman–Crippen MR) is 81.7 cm³/mol. The summed E-state index contributed by atoms with van der Waals surface area (Å²) in [6, 6.07) is 15.0. The Bertz CT molecular complexity index is 579. The molecule has 0 heterocycles. The first-order valence-corrected chi connectivity index (χ1v) is 7.02. The van der Waals surface area contributed by atoms with Gasteiger partial charge in [-0.15, -0.1) is 0 Å². The van der Waals surface area contributed by atoms with Crippen molar-refractivity contribution in [2.45, 2.75) is 19.8 Å². The van der Waals surface area contributed by atoms with Gasteiger partial charge in [0.15, 0.2) is 5.78 Å². The molecule has 2 aromatic carbocycles. The monoisotopic (exact) mass is 288 g/mol.